The van der Waals surface area contributed by atoms with E-state index in [1.807, 2.05) is 0 Å². The van der Waals surface area contributed by atoms with Crippen LogP contribution in [0.15, 0.2) is 24.3 Å². The van der Waals surface area contributed by atoms with Crippen LogP contribution in [0.25, 0.3) is 0 Å². The summed E-state index contributed by atoms with van der Waals surface area (Å²) in [6.07, 6.45) is -1.98. The Bertz CT molecular complexity index is 589. The van der Waals surface area contributed by atoms with Crippen LogP contribution in [0.3, 0.4) is 0 Å². The van der Waals surface area contributed by atoms with Crippen LogP contribution in [0.2, 0.25) is 0 Å². The molecule has 0 amide bonds. The number of benzene rings is 1. The highest BCUT2D eigenvalue weighted by molar-refractivity contribution is 7.84. The molecule has 6 nitrogen and oxygen atoms in total. The highest BCUT2D eigenvalue weighted by Gasteiger charge is 2.44. The molecule has 1 heterocycles. The minimum atomic E-state index is -3.98. The van der Waals surface area contributed by atoms with E-state index in [0.29, 0.717) is 0 Å². The van der Waals surface area contributed by atoms with Gasteiger partial charge in [-0.05, 0) is 19.9 Å². The van der Waals surface area contributed by atoms with E-state index >= 15 is 0 Å². The lowest BCUT2D eigenvalue weighted by Gasteiger charge is -2.18. The fourth-order valence-electron chi connectivity index (χ4n) is 1.97. The summed E-state index contributed by atoms with van der Waals surface area (Å²) >= 11 is 0. The van der Waals surface area contributed by atoms with Crippen LogP contribution in [-0.2, 0) is 24.0 Å². The van der Waals surface area contributed by atoms with Crippen molar-refractivity contribution in [2.75, 3.05) is 7.11 Å². The van der Waals surface area contributed by atoms with Gasteiger partial charge in [0.1, 0.15) is 11.9 Å². The number of rotatable bonds is 4. The van der Waals surface area contributed by atoms with Crippen LogP contribution < -0.4 is 4.72 Å². The maximum absolute atomic E-state index is 13.8. The Hall–Kier alpha value is -1.06. The molecule has 1 aliphatic rings. The van der Waals surface area contributed by atoms with Gasteiger partial charge in [-0.15, -0.1) is 0 Å². The summed E-state index contributed by atoms with van der Waals surface area (Å²) in [6.45, 7) is 3.23. The Balaban J connectivity index is 2.32. The minimum absolute atomic E-state index is 0.210. The topological polar surface area (TPSA) is 73.9 Å². The van der Waals surface area contributed by atoms with E-state index in [1.165, 1.54) is 18.2 Å². The molecular weight excluding hydrogens is 289 g/mol. The van der Waals surface area contributed by atoms with Crippen molar-refractivity contribution < 1.29 is 26.5 Å². The van der Waals surface area contributed by atoms with Crippen molar-refractivity contribution >= 4 is 10.3 Å². The molecule has 1 aromatic carbocycles. The first kappa shape index (κ1) is 15.3. The molecule has 0 unspecified atom stereocenters. The number of nitrogens with one attached hydrogen (secondary N) is 1. The van der Waals surface area contributed by atoms with Gasteiger partial charge in [0.25, 0.3) is 0 Å². The smallest absolute Gasteiger partial charge is 0.337 e. The van der Waals surface area contributed by atoms with Crippen LogP contribution in [0, 0.1) is 5.82 Å². The molecule has 0 radical (unpaired) electrons. The fraction of sp³-hybridized carbons (Fsp3) is 0.500. The van der Waals surface area contributed by atoms with Gasteiger partial charge in [0.2, 0.25) is 0 Å². The third-order valence-corrected chi connectivity index (χ3v) is 3.75. The molecule has 2 atom stereocenters. The van der Waals surface area contributed by atoms with Gasteiger partial charge in [0, 0.05) is 5.56 Å². The van der Waals surface area contributed by atoms with Crippen molar-refractivity contribution in [1.29, 1.82) is 0 Å². The molecule has 20 heavy (non-hydrogen) atoms. The van der Waals surface area contributed by atoms with Gasteiger partial charge in [-0.25, -0.2) is 4.39 Å². The van der Waals surface area contributed by atoms with Crippen molar-refractivity contribution in [3.63, 3.8) is 0 Å². The first-order chi connectivity index (χ1) is 9.24. The second-order valence-electron chi connectivity index (χ2n) is 4.74. The predicted molar refractivity (Wildman–Crippen MR) is 68.2 cm³/mol. The molecule has 0 saturated carbocycles. The SMILES string of the molecule is COS(=O)(=O)N[C@H]1OC(C)(C)O[C@H]1c1ccccc1F. The molecule has 0 bridgehead atoms. The van der Waals surface area contributed by atoms with Crippen molar-refractivity contribution in [3.05, 3.63) is 35.6 Å². The molecule has 1 N–H and O–H groups in total. The second-order valence-corrected chi connectivity index (χ2v) is 6.21. The van der Waals surface area contributed by atoms with Gasteiger partial charge in [0.05, 0.1) is 7.11 Å². The first-order valence-electron chi connectivity index (χ1n) is 5.92. The minimum Gasteiger partial charge on any atom is -0.338 e. The standard InChI is InChI=1S/C12H16FNO5S/c1-12(2)18-10(8-6-4-5-7-9(8)13)11(19-12)14-20(15,16)17-3/h4-7,10-11,14H,1-3H3/t10-,11-/m0/s1. The Morgan fingerprint density at radius 2 is 1.95 bits per heavy atom. The van der Waals surface area contributed by atoms with E-state index in [1.54, 1.807) is 19.9 Å². The Labute approximate surface area is 117 Å². The van der Waals surface area contributed by atoms with Crippen molar-refractivity contribution in [2.45, 2.75) is 32.0 Å². The van der Waals surface area contributed by atoms with Crippen LogP contribution in [-0.4, -0.2) is 27.5 Å². The summed E-state index contributed by atoms with van der Waals surface area (Å²) in [5, 5.41) is 0. The number of halogens is 1. The van der Waals surface area contributed by atoms with E-state index in [2.05, 4.69) is 8.91 Å². The molecule has 8 heteroatoms. The molecule has 1 aliphatic heterocycles. The zero-order valence-electron chi connectivity index (χ0n) is 11.3. The van der Waals surface area contributed by atoms with Crippen molar-refractivity contribution in [3.8, 4) is 0 Å². The largest absolute Gasteiger partial charge is 0.338 e. The third-order valence-electron chi connectivity index (χ3n) is 2.79. The van der Waals surface area contributed by atoms with E-state index in [0.717, 1.165) is 7.11 Å². The first-order valence-corrected chi connectivity index (χ1v) is 7.33. The summed E-state index contributed by atoms with van der Waals surface area (Å²) in [7, 11) is -2.97. The predicted octanol–water partition coefficient (Wildman–Crippen LogP) is 1.46. The molecule has 1 fully saturated rings. The Kier molecular flexibility index (Phi) is 4.12. The fourth-order valence-corrected chi connectivity index (χ4v) is 2.52. The van der Waals surface area contributed by atoms with Gasteiger partial charge in [-0.1, -0.05) is 18.2 Å². The molecule has 1 saturated heterocycles. The zero-order chi connectivity index (χ0) is 15.0. The van der Waals surface area contributed by atoms with Gasteiger partial charge in [0.15, 0.2) is 12.0 Å². The van der Waals surface area contributed by atoms with Gasteiger partial charge < -0.3 is 9.47 Å². The van der Waals surface area contributed by atoms with E-state index in [-0.39, 0.29) is 5.56 Å². The third kappa shape index (κ3) is 3.33. The number of hydrogen-bond acceptors (Lipinski definition) is 5. The lowest BCUT2D eigenvalue weighted by molar-refractivity contribution is -0.147. The highest BCUT2D eigenvalue weighted by Crippen LogP contribution is 2.38. The second kappa shape index (κ2) is 5.38. The maximum atomic E-state index is 13.8. The lowest BCUT2D eigenvalue weighted by Crippen LogP contribution is -2.39. The molecular formula is C12H16FNO5S. The maximum Gasteiger partial charge on any atom is 0.337 e. The normalized spacial score (nSPS) is 25.8. The summed E-state index contributed by atoms with van der Waals surface area (Å²) in [5.74, 6) is -1.55. The number of hydrogen-bond donors (Lipinski definition) is 1. The monoisotopic (exact) mass is 305 g/mol. The summed E-state index contributed by atoms with van der Waals surface area (Å²) in [5.41, 5.74) is 0.210. The van der Waals surface area contributed by atoms with Crippen molar-refractivity contribution in [1.82, 2.24) is 4.72 Å². The van der Waals surface area contributed by atoms with Crippen LogP contribution >= 0.6 is 0 Å². The quantitative estimate of drug-likeness (QED) is 0.911. The molecule has 0 aromatic heterocycles. The lowest BCUT2D eigenvalue weighted by atomic mass is 10.1. The summed E-state index contributed by atoms with van der Waals surface area (Å²) < 4.78 is 54.3. The van der Waals surface area contributed by atoms with Crippen LogP contribution in [0.5, 0.6) is 0 Å². The van der Waals surface area contributed by atoms with Gasteiger partial charge in [-0.2, -0.15) is 13.1 Å². The molecule has 112 valence electrons. The van der Waals surface area contributed by atoms with E-state index < -0.39 is 34.2 Å². The summed E-state index contributed by atoms with van der Waals surface area (Å²) in [6, 6.07) is 5.95. The van der Waals surface area contributed by atoms with Crippen LogP contribution in [0.1, 0.15) is 25.5 Å². The molecule has 2 rings (SSSR count). The Morgan fingerprint density at radius 1 is 1.30 bits per heavy atom. The summed E-state index contributed by atoms with van der Waals surface area (Å²) in [4.78, 5) is 0. The number of ether oxygens (including phenoxy) is 2. The van der Waals surface area contributed by atoms with E-state index in [4.69, 9.17) is 9.47 Å². The molecule has 0 aliphatic carbocycles. The average Bonchev–Trinajstić information content (AvgIpc) is 2.64. The molecule has 0 spiro atoms. The van der Waals surface area contributed by atoms with Gasteiger partial charge >= 0.3 is 10.3 Å². The van der Waals surface area contributed by atoms with Crippen LogP contribution in [0.4, 0.5) is 4.39 Å². The zero-order valence-corrected chi connectivity index (χ0v) is 12.1. The Morgan fingerprint density at radius 3 is 2.55 bits per heavy atom. The molecule has 1 aromatic rings. The highest BCUT2D eigenvalue weighted by atomic mass is 32.2. The van der Waals surface area contributed by atoms with E-state index in [9.17, 15) is 12.8 Å². The van der Waals surface area contributed by atoms with Gasteiger partial charge in [-0.3, -0.25) is 4.18 Å². The van der Waals surface area contributed by atoms with Crippen molar-refractivity contribution in [2.24, 2.45) is 0 Å². The average molecular weight is 305 g/mol.